The average Bonchev–Trinajstić information content (AvgIpc) is 3.03. The lowest BCUT2D eigenvalue weighted by Crippen LogP contribution is -2.34. The molecule has 2 heterocycles. The Bertz CT molecular complexity index is 935. The number of aromatic nitrogens is 1. The topological polar surface area (TPSA) is 105 Å². The molecule has 1 fully saturated rings. The molecular weight excluding hydrogens is 367 g/mol. The second-order valence-corrected chi connectivity index (χ2v) is 6.69. The quantitative estimate of drug-likeness (QED) is 0.640. The molecule has 0 aliphatic carbocycles. The zero-order valence-corrected chi connectivity index (χ0v) is 15.4. The zero-order valence-electron chi connectivity index (χ0n) is 15.4. The van der Waals surface area contributed by atoms with Crippen molar-refractivity contribution < 1.29 is 18.9 Å². The van der Waals surface area contributed by atoms with E-state index in [1.807, 2.05) is 6.92 Å². The number of rotatable bonds is 4. The molecule has 28 heavy (non-hydrogen) atoms. The Morgan fingerprint density at radius 2 is 2.07 bits per heavy atom. The molecule has 2 amide bonds. The number of amides is 2. The van der Waals surface area contributed by atoms with Crippen molar-refractivity contribution in [3.8, 4) is 0 Å². The third-order valence-corrected chi connectivity index (χ3v) is 4.85. The first kappa shape index (κ1) is 19.4. The van der Waals surface area contributed by atoms with Crippen LogP contribution >= 0.6 is 0 Å². The largest absolute Gasteiger partial charge is 0.333 e. The van der Waals surface area contributed by atoms with Crippen LogP contribution in [0.1, 0.15) is 48.8 Å². The number of likely N-dealkylation sites (tertiary alicyclic amines) is 1. The molecule has 0 bridgehead atoms. The van der Waals surface area contributed by atoms with Gasteiger partial charge < -0.3 is 10.2 Å². The van der Waals surface area contributed by atoms with Gasteiger partial charge in [0.2, 0.25) is 5.91 Å². The molecule has 0 radical (unpaired) electrons. The maximum Gasteiger partial charge on any atom is 0.293 e. The minimum Gasteiger partial charge on any atom is -0.333 e. The minimum atomic E-state index is -0.715. The smallest absolute Gasteiger partial charge is 0.293 e. The van der Waals surface area contributed by atoms with Crippen LogP contribution < -0.4 is 5.32 Å². The van der Waals surface area contributed by atoms with Gasteiger partial charge in [0.05, 0.1) is 11.0 Å². The van der Waals surface area contributed by atoms with Crippen molar-refractivity contribution in [2.24, 2.45) is 0 Å². The SMILES string of the molecule is CC(=O)N1C(C)CCC1c1cc([N+](=O)[O-])c(NC(=O)c2ccccn2)cc1F. The Hall–Kier alpha value is -3.36. The summed E-state index contributed by atoms with van der Waals surface area (Å²) >= 11 is 0. The maximum atomic E-state index is 14.8. The fourth-order valence-electron chi connectivity index (χ4n) is 3.59. The van der Waals surface area contributed by atoms with Crippen molar-refractivity contribution in [1.29, 1.82) is 0 Å². The molecule has 1 saturated heterocycles. The number of nitrogens with zero attached hydrogens (tertiary/aromatic N) is 3. The highest BCUT2D eigenvalue weighted by Crippen LogP contribution is 2.40. The van der Waals surface area contributed by atoms with E-state index in [0.29, 0.717) is 12.8 Å². The van der Waals surface area contributed by atoms with E-state index in [1.165, 1.54) is 24.1 Å². The van der Waals surface area contributed by atoms with Gasteiger partial charge in [-0.25, -0.2) is 4.39 Å². The molecule has 2 unspecified atom stereocenters. The monoisotopic (exact) mass is 386 g/mol. The zero-order chi connectivity index (χ0) is 20.4. The van der Waals surface area contributed by atoms with E-state index in [9.17, 15) is 24.1 Å². The second kappa shape index (κ2) is 7.71. The van der Waals surface area contributed by atoms with E-state index >= 15 is 0 Å². The standard InChI is InChI=1S/C19H19FN4O4/c1-11-6-7-17(23(11)12(2)25)13-9-18(24(27)28)16(10-14(13)20)22-19(26)15-5-3-4-8-21-15/h3-5,8-11,17H,6-7H2,1-2H3,(H,22,26). The molecule has 1 aromatic carbocycles. The van der Waals surface area contributed by atoms with Gasteiger partial charge in [-0.2, -0.15) is 0 Å². The second-order valence-electron chi connectivity index (χ2n) is 6.69. The van der Waals surface area contributed by atoms with Crippen LogP contribution in [0.3, 0.4) is 0 Å². The lowest BCUT2D eigenvalue weighted by molar-refractivity contribution is -0.384. The number of hydrogen-bond donors (Lipinski definition) is 1. The van der Waals surface area contributed by atoms with Crippen molar-refractivity contribution in [2.45, 2.75) is 38.8 Å². The predicted octanol–water partition coefficient (Wildman–Crippen LogP) is 3.45. The van der Waals surface area contributed by atoms with Crippen LogP contribution in [0, 0.1) is 15.9 Å². The number of halogens is 1. The number of benzene rings is 1. The third-order valence-electron chi connectivity index (χ3n) is 4.85. The summed E-state index contributed by atoms with van der Waals surface area (Å²) in [5.74, 6) is -1.62. The predicted molar refractivity (Wildman–Crippen MR) is 99.2 cm³/mol. The Kier molecular flexibility index (Phi) is 5.34. The molecule has 1 N–H and O–H groups in total. The Balaban J connectivity index is 1.98. The summed E-state index contributed by atoms with van der Waals surface area (Å²) in [5, 5.41) is 13.9. The third kappa shape index (κ3) is 3.68. The highest BCUT2D eigenvalue weighted by atomic mass is 19.1. The van der Waals surface area contributed by atoms with Gasteiger partial charge in [-0.05, 0) is 31.9 Å². The average molecular weight is 386 g/mol. The first-order valence-electron chi connectivity index (χ1n) is 8.78. The van der Waals surface area contributed by atoms with E-state index in [1.54, 1.807) is 12.1 Å². The number of pyridine rings is 1. The summed E-state index contributed by atoms with van der Waals surface area (Å²) in [6, 6.07) is 6.03. The lowest BCUT2D eigenvalue weighted by Gasteiger charge is -2.28. The molecule has 0 saturated carbocycles. The summed E-state index contributed by atoms with van der Waals surface area (Å²) in [6.07, 6.45) is 2.59. The first-order valence-corrected chi connectivity index (χ1v) is 8.78. The molecule has 146 valence electrons. The van der Waals surface area contributed by atoms with Crippen LogP contribution in [0.25, 0.3) is 0 Å². The minimum absolute atomic E-state index is 0.0497. The van der Waals surface area contributed by atoms with Crippen LogP contribution in [-0.2, 0) is 4.79 Å². The van der Waals surface area contributed by atoms with E-state index in [2.05, 4.69) is 10.3 Å². The Morgan fingerprint density at radius 1 is 1.32 bits per heavy atom. The highest BCUT2D eigenvalue weighted by molar-refractivity contribution is 6.04. The van der Waals surface area contributed by atoms with E-state index in [-0.39, 0.29) is 28.9 Å². The number of nitrogens with one attached hydrogen (secondary N) is 1. The highest BCUT2D eigenvalue weighted by Gasteiger charge is 2.36. The summed E-state index contributed by atoms with van der Waals surface area (Å²) in [4.78, 5) is 40.5. The normalized spacial score (nSPS) is 18.8. The van der Waals surface area contributed by atoms with Crippen LogP contribution in [0.15, 0.2) is 36.5 Å². The summed E-state index contributed by atoms with van der Waals surface area (Å²) in [6.45, 7) is 3.25. The summed E-state index contributed by atoms with van der Waals surface area (Å²) in [5.41, 5.74) is -0.582. The molecule has 2 atom stereocenters. The van der Waals surface area contributed by atoms with Crippen LogP contribution in [0.5, 0.6) is 0 Å². The lowest BCUT2D eigenvalue weighted by atomic mass is 10.0. The van der Waals surface area contributed by atoms with E-state index in [0.717, 1.165) is 12.1 Å². The molecule has 9 heteroatoms. The van der Waals surface area contributed by atoms with Gasteiger partial charge >= 0.3 is 0 Å². The molecule has 3 rings (SSSR count). The van der Waals surface area contributed by atoms with Gasteiger partial charge in [0.15, 0.2) is 0 Å². The molecular formula is C19H19FN4O4. The number of hydrogen-bond acceptors (Lipinski definition) is 5. The Labute approximate surface area is 160 Å². The number of nitro benzene ring substituents is 1. The Morgan fingerprint density at radius 3 is 2.68 bits per heavy atom. The number of nitro groups is 1. The molecule has 8 nitrogen and oxygen atoms in total. The van der Waals surface area contributed by atoms with Crippen LogP contribution in [0.2, 0.25) is 0 Å². The van der Waals surface area contributed by atoms with Gasteiger partial charge in [-0.15, -0.1) is 0 Å². The van der Waals surface area contributed by atoms with Gasteiger partial charge in [0.25, 0.3) is 11.6 Å². The van der Waals surface area contributed by atoms with Gasteiger partial charge in [0, 0.05) is 36.9 Å². The van der Waals surface area contributed by atoms with Crippen LogP contribution in [0.4, 0.5) is 15.8 Å². The van der Waals surface area contributed by atoms with Gasteiger partial charge in [0.1, 0.15) is 17.2 Å². The summed E-state index contributed by atoms with van der Waals surface area (Å²) in [7, 11) is 0. The van der Waals surface area contributed by atoms with Gasteiger partial charge in [-0.3, -0.25) is 24.7 Å². The fraction of sp³-hybridized carbons (Fsp3) is 0.316. The number of carbonyl (C=O) groups excluding carboxylic acids is 2. The first-order chi connectivity index (χ1) is 13.3. The van der Waals surface area contributed by atoms with Crippen LogP contribution in [-0.4, -0.2) is 32.7 Å². The molecule has 1 aliphatic rings. The summed E-state index contributed by atoms with van der Waals surface area (Å²) < 4.78 is 14.8. The van der Waals surface area contributed by atoms with Crippen molar-refractivity contribution >= 4 is 23.2 Å². The molecule has 2 aromatic rings. The number of anilines is 1. The molecule has 1 aromatic heterocycles. The number of carbonyl (C=O) groups is 2. The van der Waals surface area contributed by atoms with Crippen molar-refractivity contribution in [3.05, 3.63) is 63.7 Å². The van der Waals surface area contributed by atoms with E-state index < -0.39 is 28.4 Å². The van der Waals surface area contributed by atoms with Crippen molar-refractivity contribution in [1.82, 2.24) is 9.88 Å². The maximum absolute atomic E-state index is 14.8. The molecule has 0 spiro atoms. The molecule has 1 aliphatic heterocycles. The fourth-order valence-corrected chi connectivity index (χ4v) is 3.59. The van der Waals surface area contributed by atoms with Crippen molar-refractivity contribution in [3.63, 3.8) is 0 Å². The van der Waals surface area contributed by atoms with E-state index in [4.69, 9.17) is 0 Å². The van der Waals surface area contributed by atoms with Gasteiger partial charge in [-0.1, -0.05) is 6.07 Å². The van der Waals surface area contributed by atoms with Crippen molar-refractivity contribution in [2.75, 3.05) is 5.32 Å².